The van der Waals surface area contributed by atoms with Crippen LogP contribution in [0.15, 0.2) is 12.3 Å². The summed E-state index contributed by atoms with van der Waals surface area (Å²) in [6.45, 7) is 0.371. The van der Waals surface area contributed by atoms with Crippen molar-refractivity contribution in [3.05, 3.63) is 23.6 Å². The van der Waals surface area contributed by atoms with E-state index < -0.39 is 5.82 Å². The van der Waals surface area contributed by atoms with Crippen molar-refractivity contribution in [2.75, 3.05) is 6.61 Å². The van der Waals surface area contributed by atoms with Crippen LogP contribution in [0, 0.1) is 11.7 Å². The van der Waals surface area contributed by atoms with Gasteiger partial charge in [-0.1, -0.05) is 25.7 Å². The van der Waals surface area contributed by atoms with Crippen LogP contribution in [-0.2, 0) is 6.61 Å². The van der Waals surface area contributed by atoms with Gasteiger partial charge in [-0.2, -0.15) is 0 Å². The molecule has 1 heterocycles. The highest BCUT2D eigenvalue weighted by Crippen LogP contribution is 2.24. The zero-order chi connectivity index (χ0) is 12.8. The molecule has 0 radical (unpaired) electrons. The number of ether oxygens (including phenoxy) is 1. The third-order valence-electron chi connectivity index (χ3n) is 3.49. The van der Waals surface area contributed by atoms with Gasteiger partial charge in [0.2, 0.25) is 5.88 Å². The third kappa shape index (κ3) is 3.67. The van der Waals surface area contributed by atoms with Gasteiger partial charge in [-0.25, -0.2) is 9.37 Å². The molecule has 3 nitrogen and oxygen atoms in total. The number of aliphatic hydroxyl groups is 1. The molecule has 0 spiro atoms. The Balaban J connectivity index is 1.92. The molecule has 1 aliphatic rings. The van der Waals surface area contributed by atoms with Gasteiger partial charge >= 0.3 is 0 Å². The van der Waals surface area contributed by atoms with Crippen LogP contribution in [0.1, 0.15) is 44.1 Å². The summed E-state index contributed by atoms with van der Waals surface area (Å²) in [6.07, 6.45) is 8.66. The monoisotopic (exact) mass is 253 g/mol. The van der Waals surface area contributed by atoms with E-state index in [2.05, 4.69) is 4.98 Å². The minimum atomic E-state index is -0.444. The molecule has 4 heteroatoms. The average Bonchev–Trinajstić information content (AvgIpc) is 2.65. The fraction of sp³-hybridized carbons (Fsp3) is 0.643. The average molecular weight is 253 g/mol. The van der Waals surface area contributed by atoms with Crippen LogP contribution in [0.4, 0.5) is 4.39 Å². The van der Waals surface area contributed by atoms with Crippen LogP contribution >= 0.6 is 0 Å². The highest BCUT2D eigenvalue weighted by atomic mass is 19.1. The first-order valence-corrected chi connectivity index (χ1v) is 6.67. The molecule has 0 atom stereocenters. The summed E-state index contributed by atoms with van der Waals surface area (Å²) < 4.78 is 18.6. The Morgan fingerprint density at radius 3 is 2.67 bits per heavy atom. The number of hydrogen-bond donors (Lipinski definition) is 1. The largest absolute Gasteiger partial charge is 0.477 e. The van der Waals surface area contributed by atoms with Crippen molar-refractivity contribution < 1.29 is 14.2 Å². The normalized spacial score (nSPS) is 17.4. The molecule has 1 aromatic heterocycles. The van der Waals surface area contributed by atoms with Crippen LogP contribution in [0.3, 0.4) is 0 Å². The highest BCUT2D eigenvalue weighted by Gasteiger charge is 2.14. The second-order valence-electron chi connectivity index (χ2n) is 4.94. The highest BCUT2D eigenvalue weighted by molar-refractivity contribution is 5.25. The summed E-state index contributed by atoms with van der Waals surface area (Å²) in [4.78, 5) is 3.90. The smallest absolute Gasteiger partial charge is 0.219 e. The van der Waals surface area contributed by atoms with Gasteiger partial charge in [0, 0.05) is 5.56 Å². The molecule has 1 aliphatic carbocycles. The Bertz CT molecular complexity index is 376. The number of aromatic nitrogens is 1. The summed E-state index contributed by atoms with van der Waals surface area (Å²) in [5, 5.41) is 9.14. The Kier molecular flexibility index (Phi) is 4.93. The van der Waals surface area contributed by atoms with Gasteiger partial charge in [-0.15, -0.1) is 0 Å². The molecule has 0 aromatic carbocycles. The Hall–Kier alpha value is -1.16. The van der Waals surface area contributed by atoms with Gasteiger partial charge in [0.05, 0.1) is 19.4 Å². The Morgan fingerprint density at radius 2 is 2.00 bits per heavy atom. The first-order valence-electron chi connectivity index (χ1n) is 6.67. The second-order valence-corrected chi connectivity index (χ2v) is 4.94. The first kappa shape index (κ1) is 13.3. The van der Waals surface area contributed by atoms with E-state index in [0.717, 1.165) is 6.20 Å². The van der Waals surface area contributed by atoms with Gasteiger partial charge in [0.1, 0.15) is 5.82 Å². The lowest BCUT2D eigenvalue weighted by atomic mass is 10.0. The van der Waals surface area contributed by atoms with Crippen molar-refractivity contribution in [2.24, 2.45) is 5.92 Å². The molecule has 0 amide bonds. The van der Waals surface area contributed by atoms with Crippen molar-refractivity contribution in [3.8, 4) is 5.88 Å². The van der Waals surface area contributed by atoms with Crippen LogP contribution in [0.5, 0.6) is 5.88 Å². The second kappa shape index (κ2) is 6.69. The van der Waals surface area contributed by atoms with Gasteiger partial charge in [0.25, 0.3) is 0 Å². The minimum absolute atomic E-state index is 0.245. The molecule has 1 aromatic rings. The zero-order valence-corrected chi connectivity index (χ0v) is 10.6. The molecule has 100 valence electrons. The van der Waals surface area contributed by atoms with Crippen LogP contribution in [0.2, 0.25) is 0 Å². The molecule has 1 N–H and O–H groups in total. The fourth-order valence-corrected chi connectivity index (χ4v) is 2.44. The summed E-state index contributed by atoms with van der Waals surface area (Å²) in [7, 11) is 0. The number of aliphatic hydroxyl groups excluding tert-OH is 1. The molecular formula is C14H20FNO2. The van der Waals surface area contributed by atoms with E-state index in [1.54, 1.807) is 0 Å². The quantitative estimate of drug-likeness (QED) is 0.838. The van der Waals surface area contributed by atoms with E-state index in [4.69, 9.17) is 9.84 Å². The molecule has 0 unspecified atom stereocenters. The molecule has 0 bridgehead atoms. The van der Waals surface area contributed by atoms with E-state index in [0.29, 0.717) is 24.0 Å². The summed E-state index contributed by atoms with van der Waals surface area (Å²) in [6, 6.07) is 1.27. The van der Waals surface area contributed by atoms with E-state index in [1.807, 2.05) is 0 Å². The number of halogens is 1. The molecule has 0 aliphatic heterocycles. The number of nitrogens with zero attached hydrogens (tertiary/aromatic N) is 1. The van der Waals surface area contributed by atoms with Crippen molar-refractivity contribution in [3.63, 3.8) is 0 Å². The summed E-state index contributed by atoms with van der Waals surface area (Å²) in [5.41, 5.74) is 0.420. The molecular weight excluding hydrogens is 233 g/mol. The maximum absolute atomic E-state index is 13.0. The standard InChI is InChI=1S/C14H20FNO2/c15-13-7-12(9-17)14(16-8-13)18-10-11-5-3-1-2-4-6-11/h7-8,11,17H,1-6,9-10H2. The maximum Gasteiger partial charge on any atom is 0.219 e. The number of pyridine rings is 1. The minimum Gasteiger partial charge on any atom is -0.477 e. The van der Waals surface area contributed by atoms with E-state index in [1.165, 1.54) is 44.6 Å². The number of rotatable bonds is 4. The van der Waals surface area contributed by atoms with Crippen LogP contribution in [0.25, 0.3) is 0 Å². The summed E-state index contributed by atoms with van der Waals surface area (Å²) >= 11 is 0. The van der Waals surface area contributed by atoms with E-state index >= 15 is 0 Å². The van der Waals surface area contributed by atoms with Crippen LogP contribution < -0.4 is 4.74 Å². The predicted molar refractivity (Wildman–Crippen MR) is 66.8 cm³/mol. The summed E-state index contributed by atoms with van der Waals surface area (Å²) in [5.74, 6) is 0.481. The van der Waals surface area contributed by atoms with Crippen molar-refractivity contribution >= 4 is 0 Å². The SMILES string of the molecule is OCc1cc(F)cnc1OCC1CCCCCC1. The van der Waals surface area contributed by atoms with Crippen molar-refractivity contribution in [2.45, 2.75) is 45.1 Å². The lowest BCUT2D eigenvalue weighted by molar-refractivity contribution is 0.213. The molecule has 18 heavy (non-hydrogen) atoms. The van der Waals surface area contributed by atoms with Crippen LogP contribution in [-0.4, -0.2) is 16.7 Å². The third-order valence-corrected chi connectivity index (χ3v) is 3.49. The van der Waals surface area contributed by atoms with Gasteiger partial charge < -0.3 is 9.84 Å². The molecule has 1 fully saturated rings. The van der Waals surface area contributed by atoms with E-state index in [9.17, 15) is 4.39 Å². The topological polar surface area (TPSA) is 42.4 Å². The van der Waals surface area contributed by atoms with Gasteiger partial charge in [-0.05, 0) is 24.8 Å². The molecule has 2 rings (SSSR count). The van der Waals surface area contributed by atoms with Crippen molar-refractivity contribution in [1.29, 1.82) is 0 Å². The zero-order valence-electron chi connectivity index (χ0n) is 10.6. The van der Waals surface area contributed by atoms with E-state index in [-0.39, 0.29) is 6.61 Å². The molecule has 1 saturated carbocycles. The van der Waals surface area contributed by atoms with Crippen molar-refractivity contribution in [1.82, 2.24) is 4.98 Å². The molecule has 0 saturated heterocycles. The Labute approximate surface area is 107 Å². The van der Waals surface area contributed by atoms with Gasteiger partial charge in [0.15, 0.2) is 0 Å². The maximum atomic E-state index is 13.0. The lowest BCUT2D eigenvalue weighted by Crippen LogP contribution is -2.13. The Morgan fingerprint density at radius 1 is 1.28 bits per heavy atom. The number of hydrogen-bond acceptors (Lipinski definition) is 3. The first-order chi connectivity index (χ1) is 8.79. The lowest BCUT2D eigenvalue weighted by Gasteiger charge is -2.15. The van der Waals surface area contributed by atoms with Gasteiger partial charge in [-0.3, -0.25) is 0 Å². The fourth-order valence-electron chi connectivity index (χ4n) is 2.44. The predicted octanol–water partition coefficient (Wildman–Crippen LogP) is 3.06.